The van der Waals surface area contributed by atoms with Crippen LogP contribution in [0.1, 0.15) is 43.2 Å². The highest BCUT2D eigenvalue weighted by molar-refractivity contribution is 5.76. The first-order valence-electron chi connectivity index (χ1n) is 8.97. The number of nitrogens with zero attached hydrogens (tertiary/aromatic N) is 1. The molecule has 0 saturated carbocycles. The summed E-state index contributed by atoms with van der Waals surface area (Å²) < 4.78 is 5.79. The predicted molar refractivity (Wildman–Crippen MR) is 103 cm³/mol. The van der Waals surface area contributed by atoms with Crippen molar-refractivity contribution in [3.63, 3.8) is 0 Å². The van der Waals surface area contributed by atoms with Crippen LogP contribution in [0.25, 0.3) is 11.3 Å². The molecule has 1 aromatic heterocycles. The van der Waals surface area contributed by atoms with Crippen molar-refractivity contribution >= 4 is 5.91 Å². The molecule has 0 bridgehead atoms. The number of rotatable bonds is 7. The molecule has 0 atom stereocenters. The van der Waals surface area contributed by atoms with E-state index in [1.807, 2.05) is 42.5 Å². The lowest BCUT2D eigenvalue weighted by atomic mass is 10.0. The Morgan fingerprint density at radius 3 is 2.50 bits per heavy atom. The minimum absolute atomic E-state index is 0.00473. The Kier molecular flexibility index (Phi) is 5.84. The molecule has 0 aliphatic carbocycles. The summed E-state index contributed by atoms with van der Waals surface area (Å²) in [6.07, 6.45) is 2.57. The highest BCUT2D eigenvalue weighted by Crippen LogP contribution is 2.23. The summed E-state index contributed by atoms with van der Waals surface area (Å²) in [5.74, 6) is 1.82. The molecule has 0 unspecified atom stereocenters. The molecule has 0 aliphatic rings. The molecular formula is C22H24N2O2. The van der Waals surface area contributed by atoms with Gasteiger partial charge in [-0.15, -0.1) is 0 Å². The molecule has 2 aromatic carbocycles. The molecule has 0 spiro atoms. The number of aryl methyl sites for hydroxylation is 1. The Morgan fingerprint density at radius 2 is 1.81 bits per heavy atom. The molecule has 1 heterocycles. The third kappa shape index (κ3) is 4.82. The van der Waals surface area contributed by atoms with E-state index in [-0.39, 0.29) is 5.91 Å². The quantitative estimate of drug-likeness (QED) is 0.672. The van der Waals surface area contributed by atoms with E-state index >= 15 is 0 Å². The zero-order chi connectivity index (χ0) is 18.4. The van der Waals surface area contributed by atoms with Crippen LogP contribution in [-0.4, -0.2) is 10.9 Å². The molecule has 0 aliphatic heterocycles. The SMILES string of the molecule is CC(C)c1ccc(-c2cnc(CCC(=O)NCc3ccccc3)o2)cc1. The largest absolute Gasteiger partial charge is 0.441 e. The smallest absolute Gasteiger partial charge is 0.220 e. The predicted octanol–water partition coefficient (Wildman–Crippen LogP) is 4.71. The van der Waals surface area contributed by atoms with E-state index in [4.69, 9.17) is 4.42 Å². The van der Waals surface area contributed by atoms with Gasteiger partial charge < -0.3 is 9.73 Å². The van der Waals surface area contributed by atoms with Gasteiger partial charge >= 0.3 is 0 Å². The standard InChI is InChI=1S/C22H24N2O2/c1-16(2)18-8-10-19(11-9-18)20-15-24-22(26-20)13-12-21(25)23-14-17-6-4-3-5-7-17/h3-11,15-16H,12-14H2,1-2H3,(H,23,25). The van der Waals surface area contributed by atoms with Crippen molar-refractivity contribution in [3.8, 4) is 11.3 Å². The molecule has 0 radical (unpaired) electrons. The number of nitrogens with one attached hydrogen (secondary N) is 1. The van der Waals surface area contributed by atoms with E-state index in [1.54, 1.807) is 6.20 Å². The van der Waals surface area contributed by atoms with Crippen molar-refractivity contribution < 1.29 is 9.21 Å². The fourth-order valence-electron chi connectivity index (χ4n) is 2.70. The molecule has 3 aromatic rings. The number of oxazole rings is 1. The number of carbonyl (C=O) groups excluding carboxylic acids is 1. The summed E-state index contributed by atoms with van der Waals surface area (Å²) in [5.41, 5.74) is 3.38. The van der Waals surface area contributed by atoms with Gasteiger partial charge in [0.2, 0.25) is 5.91 Å². The van der Waals surface area contributed by atoms with Crippen LogP contribution in [0.5, 0.6) is 0 Å². The first-order valence-corrected chi connectivity index (χ1v) is 8.97. The number of benzene rings is 2. The zero-order valence-corrected chi connectivity index (χ0v) is 15.2. The summed E-state index contributed by atoms with van der Waals surface area (Å²) in [6.45, 7) is 4.88. The Morgan fingerprint density at radius 1 is 1.08 bits per heavy atom. The molecule has 1 N–H and O–H groups in total. The van der Waals surface area contributed by atoms with Gasteiger partial charge in [0.25, 0.3) is 0 Å². The van der Waals surface area contributed by atoms with E-state index in [0.717, 1.165) is 16.9 Å². The second kappa shape index (κ2) is 8.48. The molecule has 3 rings (SSSR count). The molecule has 0 saturated heterocycles. The van der Waals surface area contributed by atoms with Crippen molar-refractivity contribution in [2.75, 3.05) is 0 Å². The third-order valence-corrected chi connectivity index (χ3v) is 4.31. The summed E-state index contributed by atoms with van der Waals surface area (Å²) in [6, 6.07) is 18.2. The summed E-state index contributed by atoms with van der Waals surface area (Å²) in [5, 5.41) is 2.92. The average molecular weight is 348 g/mol. The molecule has 26 heavy (non-hydrogen) atoms. The molecule has 1 amide bonds. The van der Waals surface area contributed by atoms with Gasteiger partial charge in [-0.1, -0.05) is 68.4 Å². The van der Waals surface area contributed by atoms with Crippen LogP contribution in [0.4, 0.5) is 0 Å². The number of hydrogen-bond donors (Lipinski definition) is 1. The van der Waals surface area contributed by atoms with Crippen LogP contribution < -0.4 is 5.32 Å². The second-order valence-corrected chi connectivity index (χ2v) is 6.66. The van der Waals surface area contributed by atoms with Gasteiger partial charge in [-0.2, -0.15) is 0 Å². The zero-order valence-electron chi connectivity index (χ0n) is 15.2. The Balaban J connectivity index is 1.51. The van der Waals surface area contributed by atoms with Crippen LogP contribution in [0.15, 0.2) is 65.2 Å². The number of aromatic nitrogens is 1. The van der Waals surface area contributed by atoms with E-state index in [2.05, 4.69) is 36.3 Å². The van der Waals surface area contributed by atoms with E-state index in [9.17, 15) is 4.79 Å². The van der Waals surface area contributed by atoms with E-state index < -0.39 is 0 Å². The molecule has 4 nitrogen and oxygen atoms in total. The fraction of sp³-hybridized carbons (Fsp3) is 0.273. The topological polar surface area (TPSA) is 55.1 Å². The van der Waals surface area contributed by atoms with Crippen LogP contribution in [0.3, 0.4) is 0 Å². The van der Waals surface area contributed by atoms with E-state index in [0.29, 0.717) is 31.2 Å². The van der Waals surface area contributed by atoms with E-state index in [1.165, 1.54) is 5.56 Å². The second-order valence-electron chi connectivity index (χ2n) is 6.66. The maximum absolute atomic E-state index is 12.0. The van der Waals surface area contributed by atoms with Crippen LogP contribution in [-0.2, 0) is 17.8 Å². The fourth-order valence-corrected chi connectivity index (χ4v) is 2.70. The number of hydrogen-bond acceptors (Lipinski definition) is 3. The Hall–Kier alpha value is -2.88. The van der Waals surface area contributed by atoms with Crippen LogP contribution in [0.2, 0.25) is 0 Å². The minimum Gasteiger partial charge on any atom is -0.441 e. The van der Waals surface area contributed by atoms with Gasteiger partial charge in [0.1, 0.15) is 0 Å². The monoisotopic (exact) mass is 348 g/mol. The molecular weight excluding hydrogens is 324 g/mol. The van der Waals surface area contributed by atoms with Crippen LogP contribution >= 0.6 is 0 Å². The van der Waals surface area contributed by atoms with Crippen molar-refractivity contribution in [2.45, 2.75) is 39.2 Å². The first kappa shape index (κ1) is 17.9. The van der Waals surface area contributed by atoms with Gasteiger partial charge in [-0.05, 0) is 17.0 Å². The van der Waals surface area contributed by atoms with Crippen LogP contribution in [0, 0.1) is 0 Å². The lowest BCUT2D eigenvalue weighted by Crippen LogP contribution is -2.22. The maximum Gasteiger partial charge on any atom is 0.220 e. The van der Waals surface area contributed by atoms with Crippen molar-refractivity contribution in [3.05, 3.63) is 77.8 Å². The van der Waals surface area contributed by atoms with Crippen molar-refractivity contribution in [1.82, 2.24) is 10.3 Å². The average Bonchev–Trinajstić information content (AvgIpc) is 3.14. The lowest BCUT2D eigenvalue weighted by Gasteiger charge is -2.05. The summed E-state index contributed by atoms with van der Waals surface area (Å²) in [4.78, 5) is 16.3. The van der Waals surface area contributed by atoms with Gasteiger partial charge in [-0.3, -0.25) is 4.79 Å². The number of carbonyl (C=O) groups is 1. The van der Waals surface area contributed by atoms with Gasteiger partial charge in [0.05, 0.1) is 6.20 Å². The molecule has 0 fully saturated rings. The number of amides is 1. The van der Waals surface area contributed by atoms with Gasteiger partial charge in [-0.25, -0.2) is 4.98 Å². The molecule has 4 heteroatoms. The van der Waals surface area contributed by atoms with Crippen molar-refractivity contribution in [1.29, 1.82) is 0 Å². The molecule has 134 valence electrons. The highest BCUT2D eigenvalue weighted by Gasteiger charge is 2.09. The third-order valence-electron chi connectivity index (χ3n) is 4.31. The highest BCUT2D eigenvalue weighted by atomic mass is 16.4. The minimum atomic E-state index is -0.00473. The summed E-state index contributed by atoms with van der Waals surface area (Å²) >= 11 is 0. The Labute approximate surface area is 154 Å². The summed E-state index contributed by atoms with van der Waals surface area (Å²) in [7, 11) is 0. The Bertz CT molecular complexity index is 836. The lowest BCUT2D eigenvalue weighted by molar-refractivity contribution is -0.121. The van der Waals surface area contributed by atoms with Gasteiger partial charge in [0.15, 0.2) is 11.7 Å². The first-order chi connectivity index (χ1) is 12.6. The normalized spacial score (nSPS) is 10.9. The van der Waals surface area contributed by atoms with Crippen molar-refractivity contribution in [2.24, 2.45) is 0 Å². The maximum atomic E-state index is 12.0. The van der Waals surface area contributed by atoms with Gasteiger partial charge in [0, 0.05) is 24.9 Å².